The Morgan fingerprint density at radius 1 is 1.45 bits per heavy atom. The topological polar surface area (TPSA) is 58.4 Å². The third-order valence-corrected chi connectivity index (χ3v) is 2.09. The summed E-state index contributed by atoms with van der Waals surface area (Å²) in [7, 11) is 0. The molecule has 0 aromatic carbocycles. The van der Waals surface area contributed by atoms with Gasteiger partial charge in [0, 0.05) is 13.0 Å². The molecule has 1 aromatic heterocycles. The fourth-order valence-electron chi connectivity index (χ4n) is 1.55. The van der Waals surface area contributed by atoms with Gasteiger partial charge in [-0.3, -0.25) is 0 Å². The van der Waals surface area contributed by atoms with Crippen molar-refractivity contribution in [2.24, 2.45) is 0 Å². The van der Waals surface area contributed by atoms with Crippen LogP contribution in [0.2, 0.25) is 0 Å². The summed E-state index contributed by atoms with van der Waals surface area (Å²) >= 11 is 0. The molecule has 2 rings (SSSR count). The Labute approximate surface area is 65.4 Å². The quantitative estimate of drug-likeness (QED) is 0.593. The Hall–Kier alpha value is -0.900. The van der Waals surface area contributed by atoms with Gasteiger partial charge in [-0.05, 0) is 6.42 Å². The van der Waals surface area contributed by atoms with Crippen LogP contribution in [0.15, 0.2) is 0 Å². The lowest BCUT2D eigenvalue weighted by atomic mass is 10.4. The Morgan fingerprint density at radius 3 is 3.18 bits per heavy atom. The standard InChI is InChI=1S/C7H12N4/c8-4-3-7-10-9-6-2-1-5-11(6)7/h1-5,8H2/p+1. The van der Waals surface area contributed by atoms with Gasteiger partial charge in [-0.2, -0.15) is 0 Å². The highest BCUT2D eigenvalue weighted by atomic mass is 15.3. The van der Waals surface area contributed by atoms with Crippen LogP contribution in [0.4, 0.5) is 0 Å². The van der Waals surface area contributed by atoms with E-state index in [9.17, 15) is 0 Å². The van der Waals surface area contributed by atoms with E-state index in [0.29, 0.717) is 0 Å². The highest BCUT2D eigenvalue weighted by Gasteiger charge is 2.16. The van der Waals surface area contributed by atoms with Gasteiger partial charge < -0.3 is 10.3 Å². The third-order valence-electron chi connectivity index (χ3n) is 2.09. The predicted molar refractivity (Wildman–Crippen MR) is 39.8 cm³/mol. The van der Waals surface area contributed by atoms with E-state index >= 15 is 0 Å². The molecule has 0 amide bonds. The number of fused-ring (bicyclic) bond motifs is 1. The van der Waals surface area contributed by atoms with E-state index < -0.39 is 0 Å². The lowest BCUT2D eigenvalue weighted by Gasteiger charge is -1.97. The Kier molecular flexibility index (Phi) is 1.62. The Balaban J connectivity index is 2.27. The molecule has 0 unspecified atom stereocenters. The molecule has 0 bridgehead atoms. The summed E-state index contributed by atoms with van der Waals surface area (Å²) in [5.74, 6) is 2.28. The lowest BCUT2D eigenvalue weighted by Crippen LogP contribution is -2.51. The van der Waals surface area contributed by atoms with Crippen LogP contribution in [0.25, 0.3) is 0 Å². The molecule has 0 aliphatic carbocycles. The highest BCUT2D eigenvalue weighted by Crippen LogP contribution is 2.13. The summed E-state index contributed by atoms with van der Waals surface area (Å²) in [6.45, 7) is 2.02. The zero-order chi connectivity index (χ0) is 7.68. The van der Waals surface area contributed by atoms with Crippen LogP contribution in [-0.4, -0.2) is 21.3 Å². The second kappa shape index (κ2) is 2.62. The van der Waals surface area contributed by atoms with Crippen molar-refractivity contribution in [3.63, 3.8) is 0 Å². The Morgan fingerprint density at radius 2 is 2.36 bits per heavy atom. The molecule has 4 heteroatoms. The first kappa shape index (κ1) is 6.79. The summed E-state index contributed by atoms with van der Waals surface area (Å²) in [4.78, 5) is 0. The van der Waals surface area contributed by atoms with E-state index in [2.05, 4.69) is 20.5 Å². The number of nitrogens with zero attached hydrogens (tertiary/aromatic N) is 3. The second-order valence-electron chi connectivity index (χ2n) is 2.89. The molecule has 4 nitrogen and oxygen atoms in total. The molecule has 1 aromatic rings. The van der Waals surface area contributed by atoms with Gasteiger partial charge in [-0.15, -0.1) is 10.2 Å². The van der Waals surface area contributed by atoms with Crippen molar-refractivity contribution in [2.45, 2.75) is 25.8 Å². The molecule has 0 fully saturated rings. The maximum atomic E-state index is 4.10. The first-order valence-corrected chi connectivity index (χ1v) is 4.12. The van der Waals surface area contributed by atoms with Crippen LogP contribution in [0, 0.1) is 0 Å². The minimum absolute atomic E-state index is 0.915. The van der Waals surface area contributed by atoms with Crippen molar-refractivity contribution < 1.29 is 5.73 Å². The second-order valence-corrected chi connectivity index (χ2v) is 2.89. The van der Waals surface area contributed by atoms with Crippen LogP contribution >= 0.6 is 0 Å². The molecule has 0 saturated carbocycles. The van der Waals surface area contributed by atoms with Crippen molar-refractivity contribution in [1.82, 2.24) is 14.8 Å². The molecule has 1 aliphatic rings. The van der Waals surface area contributed by atoms with Crippen LogP contribution in [0.3, 0.4) is 0 Å². The normalized spacial score (nSPS) is 15.4. The van der Waals surface area contributed by atoms with Crippen molar-refractivity contribution in [3.8, 4) is 0 Å². The lowest BCUT2D eigenvalue weighted by molar-refractivity contribution is -0.366. The van der Waals surface area contributed by atoms with E-state index in [1.54, 1.807) is 0 Å². The van der Waals surface area contributed by atoms with Crippen molar-refractivity contribution >= 4 is 0 Å². The fraction of sp³-hybridized carbons (Fsp3) is 0.714. The van der Waals surface area contributed by atoms with E-state index in [1.165, 1.54) is 6.42 Å². The largest absolute Gasteiger partial charge is 0.357 e. The molecule has 11 heavy (non-hydrogen) atoms. The minimum atomic E-state index is 0.915. The molecule has 0 radical (unpaired) electrons. The third kappa shape index (κ3) is 1.03. The van der Waals surface area contributed by atoms with Crippen LogP contribution in [-0.2, 0) is 19.4 Å². The summed E-state index contributed by atoms with van der Waals surface area (Å²) in [6, 6.07) is 0. The number of aromatic nitrogens is 3. The number of hydrogen-bond donors (Lipinski definition) is 1. The maximum absolute atomic E-state index is 4.10. The number of quaternary nitrogens is 1. The van der Waals surface area contributed by atoms with Crippen molar-refractivity contribution in [1.29, 1.82) is 0 Å². The van der Waals surface area contributed by atoms with Crippen LogP contribution in [0.5, 0.6) is 0 Å². The molecule has 0 atom stereocenters. The highest BCUT2D eigenvalue weighted by molar-refractivity contribution is 5.00. The zero-order valence-corrected chi connectivity index (χ0v) is 6.58. The van der Waals surface area contributed by atoms with E-state index in [4.69, 9.17) is 0 Å². The van der Waals surface area contributed by atoms with Gasteiger partial charge in [0.25, 0.3) is 0 Å². The van der Waals surface area contributed by atoms with Gasteiger partial charge >= 0.3 is 0 Å². The summed E-state index contributed by atoms with van der Waals surface area (Å²) in [5.41, 5.74) is 3.80. The summed E-state index contributed by atoms with van der Waals surface area (Å²) < 4.78 is 2.23. The summed E-state index contributed by atoms with van der Waals surface area (Å²) in [6.07, 6.45) is 3.30. The van der Waals surface area contributed by atoms with Crippen molar-refractivity contribution in [2.75, 3.05) is 6.54 Å². The predicted octanol–water partition coefficient (Wildman–Crippen LogP) is -0.991. The van der Waals surface area contributed by atoms with E-state index in [-0.39, 0.29) is 0 Å². The molecule has 3 N–H and O–H groups in total. The average Bonchev–Trinajstić information content (AvgIpc) is 2.53. The van der Waals surface area contributed by atoms with Gasteiger partial charge in [0.15, 0.2) is 0 Å². The molecular weight excluding hydrogens is 140 g/mol. The van der Waals surface area contributed by atoms with Gasteiger partial charge in [0.2, 0.25) is 0 Å². The van der Waals surface area contributed by atoms with Gasteiger partial charge in [-0.25, -0.2) is 0 Å². The van der Waals surface area contributed by atoms with E-state index in [0.717, 1.165) is 37.6 Å². The smallest absolute Gasteiger partial charge is 0.138 e. The first-order valence-electron chi connectivity index (χ1n) is 4.12. The molecule has 0 saturated heterocycles. The molecule has 2 heterocycles. The molecule has 1 aliphatic heterocycles. The monoisotopic (exact) mass is 153 g/mol. The molecular formula is C7H13N4+. The van der Waals surface area contributed by atoms with Gasteiger partial charge in [-0.1, -0.05) is 0 Å². The number of hydrogen-bond acceptors (Lipinski definition) is 2. The SMILES string of the molecule is [NH3+]CCc1nnc2n1CCC2. The first-order chi connectivity index (χ1) is 5.42. The fourth-order valence-corrected chi connectivity index (χ4v) is 1.55. The number of aryl methyl sites for hydroxylation is 1. The average molecular weight is 153 g/mol. The molecule has 60 valence electrons. The Bertz CT molecular complexity index is 253. The van der Waals surface area contributed by atoms with Gasteiger partial charge in [0.1, 0.15) is 11.6 Å². The van der Waals surface area contributed by atoms with Crippen molar-refractivity contribution in [3.05, 3.63) is 11.6 Å². The van der Waals surface area contributed by atoms with E-state index in [1.807, 2.05) is 0 Å². The van der Waals surface area contributed by atoms with Gasteiger partial charge in [0.05, 0.1) is 13.0 Å². The number of rotatable bonds is 2. The zero-order valence-electron chi connectivity index (χ0n) is 6.58. The maximum Gasteiger partial charge on any atom is 0.138 e. The summed E-state index contributed by atoms with van der Waals surface area (Å²) in [5, 5.41) is 8.20. The van der Waals surface area contributed by atoms with Crippen LogP contribution in [0.1, 0.15) is 18.1 Å². The molecule has 0 spiro atoms. The van der Waals surface area contributed by atoms with Crippen LogP contribution < -0.4 is 5.73 Å². The minimum Gasteiger partial charge on any atom is -0.357 e.